The molecule has 0 unspecified atom stereocenters. The predicted molar refractivity (Wildman–Crippen MR) is 61.2 cm³/mol. The van der Waals surface area contributed by atoms with Crippen LogP contribution in [0.2, 0.25) is 0 Å². The lowest BCUT2D eigenvalue weighted by Crippen LogP contribution is -2.00. The Labute approximate surface area is 97.7 Å². The molecule has 2 rings (SSSR count). The fourth-order valence-electron chi connectivity index (χ4n) is 1.38. The van der Waals surface area contributed by atoms with E-state index >= 15 is 0 Å². The van der Waals surface area contributed by atoms with Crippen LogP contribution in [-0.2, 0) is 0 Å². The molecule has 4 nitrogen and oxygen atoms in total. The average Bonchev–Trinajstić information content (AvgIpc) is 2.34. The molecule has 0 atom stereocenters. The van der Waals surface area contributed by atoms with Gasteiger partial charge in [-0.1, -0.05) is 6.07 Å². The fraction of sp³-hybridized carbons (Fsp3) is 0.0833. The molecule has 2 aromatic rings. The van der Waals surface area contributed by atoms with Crippen LogP contribution in [0.1, 0.15) is 11.1 Å². The number of halogens is 1. The molecule has 17 heavy (non-hydrogen) atoms. The summed E-state index contributed by atoms with van der Waals surface area (Å²) >= 11 is 0. The maximum atomic E-state index is 13.5. The minimum Gasteiger partial charge on any atom is -0.335 e. The zero-order valence-corrected chi connectivity index (χ0v) is 9.11. The van der Waals surface area contributed by atoms with Crippen molar-refractivity contribution >= 4 is 11.5 Å². The van der Waals surface area contributed by atoms with Crippen molar-refractivity contribution in [3.8, 4) is 6.07 Å². The maximum absolute atomic E-state index is 13.5. The third-order valence-corrected chi connectivity index (χ3v) is 2.22. The lowest BCUT2D eigenvalue weighted by Gasteiger charge is -2.07. The third-order valence-electron chi connectivity index (χ3n) is 2.22. The summed E-state index contributed by atoms with van der Waals surface area (Å²) in [4.78, 5) is 0. The van der Waals surface area contributed by atoms with Crippen LogP contribution >= 0.6 is 0 Å². The van der Waals surface area contributed by atoms with Gasteiger partial charge in [-0.25, -0.2) is 4.39 Å². The summed E-state index contributed by atoms with van der Waals surface area (Å²) < 4.78 is 13.5. The Bertz CT molecular complexity index is 589. The average molecular weight is 228 g/mol. The van der Waals surface area contributed by atoms with Crippen LogP contribution in [-0.4, -0.2) is 10.2 Å². The van der Waals surface area contributed by atoms with Gasteiger partial charge in [-0.3, -0.25) is 0 Å². The first-order chi connectivity index (χ1) is 8.20. The van der Waals surface area contributed by atoms with Crippen LogP contribution in [0.5, 0.6) is 0 Å². The molecule has 0 aliphatic carbocycles. The molecule has 84 valence electrons. The molecule has 1 heterocycles. The zero-order chi connectivity index (χ0) is 12.3. The fourth-order valence-corrected chi connectivity index (χ4v) is 1.38. The number of benzene rings is 1. The topological polar surface area (TPSA) is 61.6 Å². The molecule has 1 N–H and O–H groups in total. The van der Waals surface area contributed by atoms with E-state index in [0.717, 1.165) is 5.56 Å². The van der Waals surface area contributed by atoms with E-state index < -0.39 is 5.82 Å². The zero-order valence-electron chi connectivity index (χ0n) is 9.11. The second-order valence-electron chi connectivity index (χ2n) is 3.51. The van der Waals surface area contributed by atoms with Crippen molar-refractivity contribution in [2.24, 2.45) is 0 Å². The largest absolute Gasteiger partial charge is 0.335 e. The van der Waals surface area contributed by atoms with Crippen molar-refractivity contribution in [2.75, 3.05) is 5.32 Å². The molecule has 0 saturated heterocycles. The van der Waals surface area contributed by atoms with Crippen molar-refractivity contribution in [1.29, 1.82) is 5.26 Å². The summed E-state index contributed by atoms with van der Waals surface area (Å²) in [6.45, 7) is 1.85. The minimum absolute atomic E-state index is 0.250. The molecule has 5 heteroatoms. The van der Waals surface area contributed by atoms with Gasteiger partial charge in [0, 0.05) is 0 Å². The van der Waals surface area contributed by atoms with Crippen LogP contribution in [0.3, 0.4) is 0 Å². The number of hydrogen-bond donors (Lipinski definition) is 1. The Morgan fingerprint density at radius 1 is 1.35 bits per heavy atom. The van der Waals surface area contributed by atoms with Crippen molar-refractivity contribution in [3.05, 3.63) is 47.4 Å². The highest BCUT2D eigenvalue weighted by Crippen LogP contribution is 2.21. The molecular weight excluding hydrogens is 219 g/mol. The van der Waals surface area contributed by atoms with E-state index in [1.807, 2.05) is 13.0 Å². The Morgan fingerprint density at radius 2 is 2.18 bits per heavy atom. The lowest BCUT2D eigenvalue weighted by atomic mass is 10.2. The monoisotopic (exact) mass is 228 g/mol. The van der Waals surface area contributed by atoms with Gasteiger partial charge in [-0.2, -0.15) is 10.4 Å². The number of aryl methyl sites for hydroxylation is 1. The number of nitriles is 1. The van der Waals surface area contributed by atoms with Gasteiger partial charge in [-0.05, 0) is 30.7 Å². The van der Waals surface area contributed by atoms with E-state index in [9.17, 15) is 4.39 Å². The number of aromatic nitrogens is 2. The molecule has 0 fully saturated rings. The number of nitrogens with zero attached hydrogens (tertiary/aromatic N) is 3. The number of hydrogen-bond acceptors (Lipinski definition) is 4. The van der Waals surface area contributed by atoms with Crippen molar-refractivity contribution in [2.45, 2.75) is 6.92 Å². The van der Waals surface area contributed by atoms with Crippen LogP contribution < -0.4 is 5.32 Å². The Morgan fingerprint density at radius 3 is 2.94 bits per heavy atom. The lowest BCUT2D eigenvalue weighted by molar-refractivity contribution is 0.631. The third kappa shape index (κ3) is 2.37. The molecule has 0 aliphatic rings. The van der Waals surface area contributed by atoms with E-state index in [1.54, 1.807) is 12.1 Å². The molecule has 0 radical (unpaired) electrons. The van der Waals surface area contributed by atoms with Gasteiger partial charge < -0.3 is 5.32 Å². The van der Waals surface area contributed by atoms with Crippen LogP contribution in [0, 0.1) is 24.1 Å². The number of nitrogens with one attached hydrogen (secondary N) is 1. The highest BCUT2D eigenvalue weighted by molar-refractivity contribution is 5.62. The summed E-state index contributed by atoms with van der Waals surface area (Å²) in [7, 11) is 0. The summed E-state index contributed by atoms with van der Waals surface area (Å²) in [6, 6.07) is 8.15. The normalized spacial score (nSPS) is 9.71. The van der Waals surface area contributed by atoms with Gasteiger partial charge in [0.25, 0.3) is 0 Å². The van der Waals surface area contributed by atoms with Crippen LogP contribution in [0.15, 0.2) is 30.5 Å². The van der Waals surface area contributed by atoms with E-state index in [1.165, 1.54) is 18.3 Å². The van der Waals surface area contributed by atoms with E-state index in [0.29, 0.717) is 5.56 Å². The van der Waals surface area contributed by atoms with Gasteiger partial charge in [0.1, 0.15) is 11.9 Å². The van der Waals surface area contributed by atoms with E-state index in [4.69, 9.17) is 5.26 Å². The Kier molecular flexibility index (Phi) is 2.97. The maximum Gasteiger partial charge on any atom is 0.171 e. The molecule has 0 aliphatic heterocycles. The van der Waals surface area contributed by atoms with Crippen LogP contribution in [0.4, 0.5) is 15.9 Å². The van der Waals surface area contributed by atoms with E-state index in [-0.39, 0.29) is 11.5 Å². The molecule has 0 bridgehead atoms. The SMILES string of the molecule is Cc1ccc(F)c(Nc2nnccc2C#N)c1. The first-order valence-electron chi connectivity index (χ1n) is 4.95. The first-order valence-corrected chi connectivity index (χ1v) is 4.95. The van der Waals surface area contributed by atoms with Crippen LogP contribution in [0.25, 0.3) is 0 Å². The molecule has 1 aromatic heterocycles. The Balaban J connectivity index is 2.38. The van der Waals surface area contributed by atoms with E-state index in [2.05, 4.69) is 15.5 Å². The number of anilines is 2. The highest BCUT2D eigenvalue weighted by atomic mass is 19.1. The van der Waals surface area contributed by atoms with Gasteiger partial charge in [0.15, 0.2) is 5.82 Å². The standard InChI is InChI=1S/C12H9FN4/c1-8-2-3-10(13)11(6-8)16-12-9(7-14)4-5-15-17-12/h2-6H,1H3,(H,16,17). The molecule has 1 aromatic carbocycles. The smallest absolute Gasteiger partial charge is 0.171 e. The molecule has 0 saturated carbocycles. The summed E-state index contributed by atoms with van der Waals surface area (Å²) in [5.74, 6) is -0.148. The molecule has 0 amide bonds. The summed E-state index contributed by atoms with van der Waals surface area (Å²) in [5, 5.41) is 19.1. The molecule has 0 spiro atoms. The predicted octanol–water partition coefficient (Wildman–Crippen LogP) is 2.54. The number of rotatable bonds is 2. The quantitative estimate of drug-likeness (QED) is 0.857. The highest BCUT2D eigenvalue weighted by Gasteiger charge is 2.07. The van der Waals surface area contributed by atoms with Gasteiger partial charge >= 0.3 is 0 Å². The minimum atomic E-state index is -0.398. The van der Waals surface area contributed by atoms with Gasteiger partial charge in [0.2, 0.25) is 0 Å². The van der Waals surface area contributed by atoms with Crippen molar-refractivity contribution in [3.63, 3.8) is 0 Å². The van der Waals surface area contributed by atoms with Gasteiger partial charge in [-0.15, -0.1) is 5.10 Å². The molecular formula is C12H9FN4. The summed E-state index contributed by atoms with van der Waals surface area (Å²) in [6.07, 6.45) is 1.41. The van der Waals surface area contributed by atoms with Crippen molar-refractivity contribution in [1.82, 2.24) is 10.2 Å². The first kappa shape index (κ1) is 11.0. The van der Waals surface area contributed by atoms with Gasteiger partial charge in [0.05, 0.1) is 17.4 Å². The second kappa shape index (κ2) is 4.58. The second-order valence-corrected chi connectivity index (χ2v) is 3.51. The summed E-state index contributed by atoms with van der Waals surface area (Å²) in [5.41, 5.74) is 1.51. The van der Waals surface area contributed by atoms with Crippen molar-refractivity contribution < 1.29 is 4.39 Å². The Hall–Kier alpha value is -2.48.